The number of aromatic amines is 1. The normalized spacial score (nSPS) is 10.8. The maximum Gasteiger partial charge on any atom is 0.137 e. The molecule has 2 nitrogen and oxygen atoms in total. The van der Waals surface area contributed by atoms with Gasteiger partial charge in [0, 0.05) is 17.8 Å². The van der Waals surface area contributed by atoms with Crippen molar-refractivity contribution in [2.45, 2.75) is 26.7 Å². The van der Waals surface area contributed by atoms with Crippen LogP contribution in [0.5, 0.6) is 0 Å². The molecule has 2 aromatic heterocycles. The van der Waals surface area contributed by atoms with Crippen LogP contribution in [0.2, 0.25) is 0 Å². The Labute approximate surface area is 90.0 Å². The molecule has 0 radical (unpaired) electrons. The summed E-state index contributed by atoms with van der Waals surface area (Å²) >= 11 is 0. The smallest absolute Gasteiger partial charge is 0.137 e. The van der Waals surface area contributed by atoms with Gasteiger partial charge in [-0.25, -0.2) is 4.98 Å². The molecule has 0 spiro atoms. The Morgan fingerprint density at radius 1 is 1.53 bits per heavy atom. The maximum atomic E-state index is 4.39. The predicted molar refractivity (Wildman–Crippen MR) is 64.8 cm³/mol. The average molecular weight is 200 g/mol. The Bertz CT molecular complexity index is 494. The second-order valence-corrected chi connectivity index (χ2v) is 3.89. The Kier molecular flexibility index (Phi) is 2.58. The highest BCUT2D eigenvalue weighted by atomic mass is 14.8. The largest absolute Gasteiger partial charge is 0.346 e. The number of hydrogen-bond acceptors (Lipinski definition) is 1. The first-order valence-electron chi connectivity index (χ1n) is 5.35. The molecule has 0 aliphatic heterocycles. The number of aryl methyl sites for hydroxylation is 1. The van der Waals surface area contributed by atoms with Crippen LogP contribution in [0.25, 0.3) is 16.6 Å². The van der Waals surface area contributed by atoms with E-state index < -0.39 is 0 Å². The highest BCUT2D eigenvalue weighted by molar-refractivity contribution is 5.84. The van der Waals surface area contributed by atoms with Crippen molar-refractivity contribution in [3.8, 4) is 0 Å². The molecule has 0 unspecified atom stereocenters. The lowest BCUT2D eigenvalue weighted by molar-refractivity contribution is 0.973. The molecule has 0 atom stereocenters. The van der Waals surface area contributed by atoms with E-state index in [0.29, 0.717) is 0 Å². The molecule has 2 rings (SSSR count). The van der Waals surface area contributed by atoms with E-state index in [9.17, 15) is 0 Å². The van der Waals surface area contributed by atoms with Gasteiger partial charge in [-0.1, -0.05) is 19.9 Å². The summed E-state index contributed by atoms with van der Waals surface area (Å²) in [5, 5.41) is 1.20. The van der Waals surface area contributed by atoms with Gasteiger partial charge in [-0.3, -0.25) is 0 Å². The molecule has 0 aliphatic carbocycles. The molecule has 0 amide bonds. The van der Waals surface area contributed by atoms with Crippen LogP contribution in [0.15, 0.2) is 25.0 Å². The second-order valence-electron chi connectivity index (χ2n) is 3.89. The zero-order valence-corrected chi connectivity index (χ0v) is 9.30. The molecule has 2 heteroatoms. The van der Waals surface area contributed by atoms with E-state index in [2.05, 4.69) is 36.5 Å². The molecular weight excluding hydrogens is 184 g/mol. The fraction of sp³-hybridized carbons (Fsp3) is 0.308. The van der Waals surface area contributed by atoms with Gasteiger partial charge in [0.15, 0.2) is 0 Å². The maximum absolute atomic E-state index is 4.39. The van der Waals surface area contributed by atoms with Crippen LogP contribution in [-0.4, -0.2) is 9.97 Å². The highest BCUT2D eigenvalue weighted by Gasteiger charge is 2.07. The lowest BCUT2D eigenvalue weighted by Crippen LogP contribution is -1.91. The van der Waals surface area contributed by atoms with E-state index >= 15 is 0 Å². The van der Waals surface area contributed by atoms with E-state index in [0.717, 1.165) is 18.5 Å². The molecule has 1 N–H and O–H groups in total. The van der Waals surface area contributed by atoms with E-state index in [1.165, 1.54) is 22.1 Å². The van der Waals surface area contributed by atoms with E-state index in [1.54, 1.807) is 0 Å². The first-order valence-corrected chi connectivity index (χ1v) is 5.35. The fourth-order valence-electron chi connectivity index (χ4n) is 1.93. The summed E-state index contributed by atoms with van der Waals surface area (Å²) in [6.07, 6.45) is 6.02. The first-order chi connectivity index (χ1) is 7.24. The van der Waals surface area contributed by atoms with Crippen molar-refractivity contribution >= 4 is 16.6 Å². The third-order valence-electron chi connectivity index (χ3n) is 2.79. The first kappa shape index (κ1) is 9.97. The molecule has 0 aromatic carbocycles. The van der Waals surface area contributed by atoms with E-state index in [4.69, 9.17) is 0 Å². The fourth-order valence-corrected chi connectivity index (χ4v) is 1.93. The number of allylic oxidation sites excluding steroid dienone is 1. The summed E-state index contributed by atoms with van der Waals surface area (Å²) in [5.41, 5.74) is 4.62. The molecule has 2 heterocycles. The zero-order valence-electron chi connectivity index (χ0n) is 9.30. The number of nitrogens with one attached hydrogen (secondary N) is 1. The van der Waals surface area contributed by atoms with Crippen molar-refractivity contribution in [3.05, 3.63) is 36.2 Å². The molecule has 15 heavy (non-hydrogen) atoms. The van der Waals surface area contributed by atoms with Crippen molar-refractivity contribution in [1.82, 2.24) is 9.97 Å². The van der Waals surface area contributed by atoms with E-state index in [1.807, 2.05) is 12.4 Å². The van der Waals surface area contributed by atoms with Crippen molar-refractivity contribution in [3.63, 3.8) is 0 Å². The van der Waals surface area contributed by atoms with Gasteiger partial charge in [0.25, 0.3) is 0 Å². The molecule has 78 valence electrons. The third-order valence-corrected chi connectivity index (χ3v) is 2.79. The van der Waals surface area contributed by atoms with Crippen LogP contribution in [0, 0.1) is 6.92 Å². The topological polar surface area (TPSA) is 28.7 Å². The number of hydrogen-bond donors (Lipinski definition) is 1. The summed E-state index contributed by atoms with van der Waals surface area (Å²) in [5.74, 6) is 0. The number of H-pyrrole nitrogens is 1. The van der Waals surface area contributed by atoms with Crippen molar-refractivity contribution < 1.29 is 0 Å². The van der Waals surface area contributed by atoms with Gasteiger partial charge in [-0.2, -0.15) is 0 Å². The van der Waals surface area contributed by atoms with Gasteiger partial charge in [0.1, 0.15) is 5.65 Å². The summed E-state index contributed by atoms with van der Waals surface area (Å²) in [6.45, 7) is 8.42. The van der Waals surface area contributed by atoms with Gasteiger partial charge in [0.05, 0.1) is 0 Å². The zero-order chi connectivity index (χ0) is 10.8. The van der Waals surface area contributed by atoms with Crippen LogP contribution in [-0.2, 0) is 0 Å². The lowest BCUT2D eigenvalue weighted by atomic mass is 9.99. The highest BCUT2D eigenvalue weighted by Crippen LogP contribution is 2.25. The number of nitrogens with zero attached hydrogens (tertiary/aromatic N) is 1. The molecule has 0 fully saturated rings. The van der Waals surface area contributed by atoms with Gasteiger partial charge >= 0.3 is 0 Å². The summed E-state index contributed by atoms with van der Waals surface area (Å²) in [6, 6.07) is 2.07. The Morgan fingerprint density at radius 3 is 3.07 bits per heavy atom. The number of fused-ring (bicyclic) bond motifs is 1. The summed E-state index contributed by atoms with van der Waals surface area (Å²) in [7, 11) is 0. The molecule has 2 aromatic rings. The lowest BCUT2D eigenvalue weighted by Gasteiger charge is -2.08. The van der Waals surface area contributed by atoms with Crippen LogP contribution in [0.1, 0.15) is 30.9 Å². The van der Waals surface area contributed by atoms with Crippen LogP contribution in [0.4, 0.5) is 0 Å². The van der Waals surface area contributed by atoms with Crippen molar-refractivity contribution in [2.24, 2.45) is 0 Å². The van der Waals surface area contributed by atoms with E-state index in [-0.39, 0.29) is 0 Å². The van der Waals surface area contributed by atoms with Crippen LogP contribution >= 0.6 is 0 Å². The average Bonchev–Trinajstić information content (AvgIpc) is 2.67. The number of pyridine rings is 1. The molecule has 0 saturated heterocycles. The van der Waals surface area contributed by atoms with Crippen LogP contribution < -0.4 is 0 Å². The SMILES string of the molecule is C=C(CCC)c1cnc2[nH]ccc2c1C. The van der Waals surface area contributed by atoms with Crippen molar-refractivity contribution in [1.29, 1.82) is 0 Å². The number of aromatic nitrogens is 2. The monoisotopic (exact) mass is 200 g/mol. The van der Waals surface area contributed by atoms with Crippen LogP contribution in [0.3, 0.4) is 0 Å². The molecule has 0 bridgehead atoms. The Balaban J connectivity index is 2.52. The van der Waals surface area contributed by atoms with Gasteiger partial charge < -0.3 is 4.98 Å². The molecule has 0 aliphatic rings. The van der Waals surface area contributed by atoms with Gasteiger partial charge in [-0.05, 0) is 36.1 Å². The quantitative estimate of drug-likeness (QED) is 0.804. The molecular formula is C13H16N2. The number of rotatable bonds is 3. The predicted octanol–water partition coefficient (Wildman–Crippen LogP) is 3.68. The Morgan fingerprint density at radius 2 is 2.33 bits per heavy atom. The third kappa shape index (κ3) is 1.67. The standard InChI is InChI=1S/C13H16N2/c1-4-5-9(2)12-8-15-13-11(10(12)3)6-7-14-13/h6-8H,2,4-5H2,1,3H3,(H,14,15). The summed E-state index contributed by atoms with van der Waals surface area (Å²) < 4.78 is 0. The summed E-state index contributed by atoms with van der Waals surface area (Å²) in [4.78, 5) is 7.51. The second kappa shape index (κ2) is 3.89. The minimum Gasteiger partial charge on any atom is -0.346 e. The Hall–Kier alpha value is -1.57. The van der Waals surface area contributed by atoms with Gasteiger partial charge in [0.2, 0.25) is 0 Å². The van der Waals surface area contributed by atoms with Gasteiger partial charge in [-0.15, -0.1) is 0 Å². The minimum atomic E-state index is 0.959. The molecule has 0 saturated carbocycles. The van der Waals surface area contributed by atoms with Crippen molar-refractivity contribution in [2.75, 3.05) is 0 Å². The minimum absolute atomic E-state index is 0.959.